The molecule has 3 N–H and O–H groups in total. The van der Waals surface area contributed by atoms with Crippen molar-refractivity contribution in [3.63, 3.8) is 0 Å². The van der Waals surface area contributed by atoms with Crippen molar-refractivity contribution in [1.82, 2.24) is 0 Å². The van der Waals surface area contributed by atoms with Gasteiger partial charge in [-0.25, -0.2) is 9.18 Å². The second kappa shape index (κ2) is 4.01. The van der Waals surface area contributed by atoms with Gasteiger partial charge < -0.3 is 10.4 Å². The number of carbonyl (C=O) groups is 2. The number of hydrogen-bond acceptors (Lipinski definition) is 3. The van der Waals surface area contributed by atoms with E-state index in [1.807, 2.05) is 5.32 Å². The molecule has 1 aromatic rings. The largest absolute Gasteiger partial charge is 0.465 e. The monoisotopic (exact) mass is 242 g/mol. The maximum absolute atomic E-state index is 13.4. The average Bonchev–Trinajstić information content (AvgIpc) is 2.19. The van der Waals surface area contributed by atoms with Crippen LogP contribution in [0, 0.1) is 5.82 Å². The zero-order valence-corrected chi connectivity index (χ0v) is 8.73. The number of amides is 2. The highest BCUT2D eigenvalue weighted by molar-refractivity contribution is 8.00. The number of anilines is 2. The Hall–Kier alpha value is -1.76. The third-order valence-electron chi connectivity index (χ3n) is 1.94. The number of halogens is 1. The third kappa shape index (κ3) is 2.08. The predicted octanol–water partition coefficient (Wildman–Crippen LogP) is 1.96. The summed E-state index contributed by atoms with van der Waals surface area (Å²) in [6.45, 7) is 0. The summed E-state index contributed by atoms with van der Waals surface area (Å²) in [6.07, 6.45) is -1.35. The lowest BCUT2D eigenvalue weighted by Crippen LogP contribution is -2.19. The summed E-state index contributed by atoms with van der Waals surface area (Å²) in [5.41, 5.74) is 0.250. The van der Waals surface area contributed by atoms with Crippen molar-refractivity contribution in [2.24, 2.45) is 0 Å². The van der Waals surface area contributed by atoms with E-state index in [4.69, 9.17) is 5.11 Å². The van der Waals surface area contributed by atoms with Crippen LogP contribution in [0.2, 0.25) is 0 Å². The molecule has 1 aliphatic rings. The van der Waals surface area contributed by atoms with Crippen LogP contribution < -0.4 is 10.6 Å². The molecule has 0 aliphatic carbocycles. The molecule has 84 valence electrons. The number of thioether (sulfide) groups is 1. The van der Waals surface area contributed by atoms with E-state index in [9.17, 15) is 14.0 Å². The maximum Gasteiger partial charge on any atom is 0.409 e. The molecular weight excluding hydrogens is 235 g/mol. The van der Waals surface area contributed by atoms with Gasteiger partial charge in [-0.3, -0.25) is 10.1 Å². The molecule has 1 aromatic carbocycles. The highest BCUT2D eigenvalue weighted by Gasteiger charge is 2.18. The van der Waals surface area contributed by atoms with Crippen molar-refractivity contribution < 1.29 is 19.1 Å². The van der Waals surface area contributed by atoms with Gasteiger partial charge in [0.2, 0.25) is 5.91 Å². The molecule has 1 aliphatic heterocycles. The Balaban J connectivity index is 2.38. The van der Waals surface area contributed by atoms with E-state index >= 15 is 0 Å². The van der Waals surface area contributed by atoms with Crippen LogP contribution in [0.4, 0.5) is 20.6 Å². The molecule has 0 aromatic heterocycles. The van der Waals surface area contributed by atoms with Crippen LogP contribution in [0.25, 0.3) is 0 Å². The number of hydrogen-bond donors (Lipinski definition) is 3. The highest BCUT2D eigenvalue weighted by atomic mass is 32.2. The highest BCUT2D eigenvalue weighted by Crippen LogP contribution is 2.35. The Labute approximate surface area is 94.0 Å². The molecule has 0 atom stereocenters. The van der Waals surface area contributed by atoms with Crippen molar-refractivity contribution in [2.45, 2.75) is 4.90 Å². The van der Waals surface area contributed by atoms with E-state index in [1.165, 1.54) is 23.9 Å². The van der Waals surface area contributed by atoms with Gasteiger partial charge in [-0.2, -0.15) is 0 Å². The molecule has 0 fully saturated rings. The Morgan fingerprint density at radius 2 is 2.31 bits per heavy atom. The van der Waals surface area contributed by atoms with Gasteiger partial charge in [-0.1, -0.05) is 0 Å². The van der Waals surface area contributed by atoms with Crippen molar-refractivity contribution in [3.05, 3.63) is 17.9 Å². The molecule has 2 amide bonds. The number of carboxylic acid groups (broad SMARTS) is 1. The fourth-order valence-corrected chi connectivity index (χ4v) is 2.12. The van der Waals surface area contributed by atoms with Crippen molar-refractivity contribution >= 4 is 35.1 Å². The van der Waals surface area contributed by atoms with E-state index in [1.54, 1.807) is 0 Å². The van der Waals surface area contributed by atoms with Gasteiger partial charge in [-0.15, -0.1) is 11.8 Å². The molecule has 0 bridgehead atoms. The van der Waals surface area contributed by atoms with Crippen LogP contribution in [-0.4, -0.2) is 22.9 Å². The van der Waals surface area contributed by atoms with Crippen molar-refractivity contribution in [2.75, 3.05) is 16.4 Å². The van der Waals surface area contributed by atoms with Gasteiger partial charge in [-0.05, 0) is 12.1 Å². The first-order valence-corrected chi connectivity index (χ1v) is 5.31. The molecule has 1 heterocycles. The lowest BCUT2D eigenvalue weighted by Gasteiger charge is -2.17. The van der Waals surface area contributed by atoms with Crippen LogP contribution in [0.15, 0.2) is 17.0 Å². The quantitative estimate of drug-likeness (QED) is 0.703. The fraction of sp³-hybridized carbons (Fsp3) is 0.111. The van der Waals surface area contributed by atoms with E-state index in [0.717, 1.165) is 0 Å². The minimum atomic E-state index is -1.35. The lowest BCUT2D eigenvalue weighted by molar-refractivity contribution is -0.113. The maximum atomic E-state index is 13.4. The summed E-state index contributed by atoms with van der Waals surface area (Å²) in [7, 11) is 0. The lowest BCUT2D eigenvalue weighted by atomic mass is 10.2. The first kappa shape index (κ1) is 10.7. The molecule has 0 radical (unpaired) electrons. The van der Waals surface area contributed by atoms with Gasteiger partial charge in [0.25, 0.3) is 0 Å². The molecule has 7 heteroatoms. The smallest absolute Gasteiger partial charge is 0.409 e. The molecule has 0 unspecified atom stereocenters. The minimum Gasteiger partial charge on any atom is -0.465 e. The van der Waals surface area contributed by atoms with E-state index in [0.29, 0.717) is 10.6 Å². The normalized spacial score (nSPS) is 13.9. The van der Waals surface area contributed by atoms with Crippen LogP contribution in [0.5, 0.6) is 0 Å². The topological polar surface area (TPSA) is 78.4 Å². The Morgan fingerprint density at radius 1 is 1.56 bits per heavy atom. The summed E-state index contributed by atoms with van der Waals surface area (Å²) in [5.74, 6) is -0.617. The van der Waals surface area contributed by atoms with Gasteiger partial charge >= 0.3 is 6.09 Å². The Bertz CT molecular complexity index is 478. The third-order valence-corrected chi connectivity index (χ3v) is 3.00. The number of fused-ring (bicyclic) bond motifs is 1. The Morgan fingerprint density at radius 3 is 3.00 bits per heavy atom. The number of benzene rings is 1. The van der Waals surface area contributed by atoms with Gasteiger partial charge in [0.15, 0.2) is 0 Å². The zero-order valence-electron chi connectivity index (χ0n) is 7.91. The average molecular weight is 242 g/mol. The van der Waals surface area contributed by atoms with E-state index in [-0.39, 0.29) is 17.3 Å². The zero-order chi connectivity index (χ0) is 11.7. The van der Waals surface area contributed by atoms with Crippen LogP contribution in [0.1, 0.15) is 0 Å². The predicted molar refractivity (Wildman–Crippen MR) is 57.4 cm³/mol. The van der Waals surface area contributed by atoms with Crippen LogP contribution in [-0.2, 0) is 4.79 Å². The number of carbonyl (C=O) groups excluding carboxylic acids is 1. The molecule has 0 spiro atoms. The summed E-state index contributed by atoms with van der Waals surface area (Å²) < 4.78 is 13.4. The second-order valence-corrected chi connectivity index (χ2v) is 4.11. The number of rotatable bonds is 1. The minimum absolute atomic E-state index is 0.172. The van der Waals surface area contributed by atoms with Crippen molar-refractivity contribution in [3.8, 4) is 0 Å². The van der Waals surface area contributed by atoms with Gasteiger partial charge in [0.05, 0.1) is 17.1 Å². The van der Waals surface area contributed by atoms with Gasteiger partial charge in [0.1, 0.15) is 5.82 Å². The molecule has 0 saturated carbocycles. The van der Waals surface area contributed by atoms with Crippen LogP contribution in [0.3, 0.4) is 0 Å². The molecular formula is C9H7FN2O3S. The molecule has 16 heavy (non-hydrogen) atoms. The molecule has 5 nitrogen and oxygen atoms in total. The summed E-state index contributed by atoms with van der Waals surface area (Å²) >= 11 is 1.21. The Kier molecular flexibility index (Phi) is 2.69. The summed E-state index contributed by atoms with van der Waals surface area (Å²) in [4.78, 5) is 22.1. The molecule has 2 rings (SSSR count). The number of nitrogens with one attached hydrogen (secondary N) is 2. The molecule has 0 saturated heterocycles. The van der Waals surface area contributed by atoms with E-state index < -0.39 is 11.9 Å². The van der Waals surface area contributed by atoms with Gasteiger partial charge in [0, 0.05) is 4.90 Å². The van der Waals surface area contributed by atoms with Crippen molar-refractivity contribution in [1.29, 1.82) is 0 Å². The van der Waals surface area contributed by atoms with Crippen LogP contribution >= 0.6 is 11.8 Å². The first-order chi connectivity index (χ1) is 7.56. The standard InChI is InChI=1S/C9H7FN2O3S/c10-4-1-7-6(11-8(13)3-16-7)2-5(4)12-9(14)15/h1-2,12H,3H2,(H,11,13)(H,14,15). The first-order valence-electron chi connectivity index (χ1n) is 4.32. The van der Waals surface area contributed by atoms with E-state index in [2.05, 4.69) is 5.32 Å². The fourth-order valence-electron chi connectivity index (χ4n) is 1.31. The second-order valence-electron chi connectivity index (χ2n) is 3.10. The summed E-state index contributed by atoms with van der Waals surface area (Å²) in [6, 6.07) is 2.47. The SMILES string of the molecule is O=C(O)Nc1cc2c(cc1F)SCC(=O)N2. The summed E-state index contributed by atoms with van der Waals surface area (Å²) in [5, 5.41) is 12.9.